The number of amides is 1. The molecule has 4 N–H and O–H groups in total. The van der Waals surface area contributed by atoms with Crippen LogP contribution in [0, 0.1) is 6.92 Å². The van der Waals surface area contributed by atoms with E-state index in [9.17, 15) is 19.5 Å². The zero-order chi connectivity index (χ0) is 27.7. The molecule has 2 aliphatic heterocycles. The van der Waals surface area contributed by atoms with Crippen molar-refractivity contribution in [1.29, 1.82) is 0 Å². The summed E-state index contributed by atoms with van der Waals surface area (Å²) in [5.41, 5.74) is 0.255. The first-order chi connectivity index (χ1) is 18.8. The molecule has 2 atom stereocenters. The highest BCUT2D eigenvalue weighted by Crippen LogP contribution is 2.19. The zero-order valence-electron chi connectivity index (χ0n) is 23.0. The maximum Gasteiger partial charge on any atom is 0.253 e. The Morgan fingerprint density at radius 2 is 1.72 bits per heavy atom. The third kappa shape index (κ3) is 5.10. The molecule has 0 radical (unpaired) electrons. The van der Waals surface area contributed by atoms with Gasteiger partial charge in [-0.1, -0.05) is 13.8 Å². The molecule has 5 rings (SSSR count). The van der Waals surface area contributed by atoms with Crippen molar-refractivity contribution in [2.45, 2.75) is 58.5 Å². The maximum absolute atomic E-state index is 13.2. The number of nitrogens with zero attached hydrogens (tertiary/aromatic N) is 3. The number of phenolic OH excluding ortho intramolecular Hbond substituents is 1. The van der Waals surface area contributed by atoms with E-state index in [2.05, 4.69) is 44.2 Å². The molecule has 0 spiro atoms. The fourth-order valence-electron chi connectivity index (χ4n) is 6.14. The van der Waals surface area contributed by atoms with E-state index in [1.165, 1.54) is 12.1 Å². The van der Waals surface area contributed by atoms with Crippen molar-refractivity contribution in [3.05, 3.63) is 48.9 Å². The predicted molar refractivity (Wildman–Crippen MR) is 153 cm³/mol. The Morgan fingerprint density at radius 3 is 2.38 bits per heavy atom. The number of carbonyl (C=O) groups is 1. The lowest BCUT2D eigenvalue weighted by Gasteiger charge is -2.23. The van der Waals surface area contributed by atoms with Crippen molar-refractivity contribution in [2.75, 3.05) is 39.3 Å². The van der Waals surface area contributed by atoms with Gasteiger partial charge in [0, 0.05) is 36.9 Å². The molecule has 2 unspecified atom stereocenters. The quantitative estimate of drug-likeness (QED) is 0.317. The Hall–Kier alpha value is -3.50. The summed E-state index contributed by atoms with van der Waals surface area (Å²) in [4.78, 5) is 51.6. The largest absolute Gasteiger partial charge is 0.507 e. The van der Waals surface area contributed by atoms with E-state index >= 15 is 0 Å². The number of nitrogens with one attached hydrogen (secondary N) is 3. The fraction of sp³-hybridized carbons (Fsp3) is 0.517. The van der Waals surface area contributed by atoms with Crippen LogP contribution in [0.3, 0.4) is 0 Å². The van der Waals surface area contributed by atoms with Crippen molar-refractivity contribution >= 4 is 34.2 Å². The second-order valence-electron chi connectivity index (χ2n) is 10.6. The smallest absolute Gasteiger partial charge is 0.253 e. The molecule has 2 fully saturated rings. The van der Waals surface area contributed by atoms with E-state index in [1.807, 2.05) is 0 Å². The van der Waals surface area contributed by atoms with Gasteiger partial charge in [0.05, 0.1) is 16.3 Å². The summed E-state index contributed by atoms with van der Waals surface area (Å²) in [5.74, 6) is -0.494. The predicted octanol–water partition coefficient (Wildman–Crippen LogP) is 1.20. The van der Waals surface area contributed by atoms with E-state index < -0.39 is 5.43 Å². The summed E-state index contributed by atoms with van der Waals surface area (Å²) >= 11 is 0. The first-order valence-electron chi connectivity index (χ1n) is 14.1. The third-order valence-corrected chi connectivity index (χ3v) is 8.44. The summed E-state index contributed by atoms with van der Waals surface area (Å²) in [7, 11) is 0. The molecule has 208 valence electrons. The van der Waals surface area contributed by atoms with Crippen LogP contribution in [0.4, 0.5) is 0 Å². The van der Waals surface area contributed by atoms with Crippen molar-refractivity contribution in [3.63, 3.8) is 0 Å². The number of benzene rings is 2. The first-order valence-corrected chi connectivity index (χ1v) is 14.1. The van der Waals surface area contributed by atoms with Gasteiger partial charge in [-0.05, 0) is 70.9 Å². The summed E-state index contributed by atoms with van der Waals surface area (Å²) in [5, 5.41) is 17.5. The van der Waals surface area contributed by atoms with Gasteiger partial charge in [-0.2, -0.15) is 0 Å². The minimum atomic E-state index is -0.422. The Morgan fingerprint density at radius 1 is 1.05 bits per heavy atom. The van der Waals surface area contributed by atoms with Crippen LogP contribution >= 0.6 is 0 Å². The van der Waals surface area contributed by atoms with Crippen LogP contribution in [0.5, 0.6) is 5.75 Å². The number of rotatable bonds is 8. The molecule has 0 saturated carbocycles. The van der Waals surface area contributed by atoms with Gasteiger partial charge in [0.2, 0.25) is 10.9 Å². The molecule has 1 amide bonds. The molecule has 0 bridgehead atoms. The van der Waals surface area contributed by atoms with E-state index in [1.54, 1.807) is 13.1 Å². The molecule has 3 heterocycles. The molecule has 2 aliphatic rings. The van der Waals surface area contributed by atoms with Gasteiger partial charge in [-0.15, -0.1) is 0 Å². The van der Waals surface area contributed by atoms with E-state index in [-0.39, 0.29) is 56.3 Å². The van der Waals surface area contributed by atoms with Crippen LogP contribution in [0.1, 0.15) is 55.5 Å². The summed E-state index contributed by atoms with van der Waals surface area (Å²) in [6.07, 6.45) is 6.05. The molecule has 2 aromatic carbocycles. The van der Waals surface area contributed by atoms with E-state index in [0.717, 1.165) is 51.9 Å². The van der Waals surface area contributed by atoms with Gasteiger partial charge >= 0.3 is 0 Å². The monoisotopic (exact) mass is 534 g/mol. The molecule has 10 heteroatoms. The maximum atomic E-state index is 13.2. The van der Waals surface area contributed by atoms with Crippen LogP contribution in [0.15, 0.2) is 21.7 Å². The highest BCUT2D eigenvalue weighted by atomic mass is 16.3. The highest BCUT2D eigenvalue weighted by molar-refractivity contribution is 6.06. The number of H-pyrrole nitrogens is 1. The summed E-state index contributed by atoms with van der Waals surface area (Å²) in [6, 6.07) is 3.47. The molecule has 3 aromatic rings. The van der Waals surface area contributed by atoms with Gasteiger partial charge in [-0.25, -0.2) is 4.98 Å². The zero-order valence-corrected chi connectivity index (χ0v) is 23.0. The van der Waals surface area contributed by atoms with Crippen molar-refractivity contribution in [1.82, 2.24) is 30.4 Å². The SMILES string of the molecule is CCN1CCCC1CN/C=c1/c(O)c(C)c(=O)c2[nH]c3c(C(=O)NCC4CCCN4CC)ccc(=O)c3nc12. The Bertz CT molecular complexity index is 1570. The number of likely N-dealkylation sites (tertiary alicyclic amines) is 2. The number of carbonyl (C=O) groups excluding carboxylic acids is 1. The molecule has 10 nitrogen and oxygen atoms in total. The topological polar surface area (TPSA) is 131 Å². The normalized spacial score (nSPS) is 20.8. The average Bonchev–Trinajstić information content (AvgIpc) is 3.61. The van der Waals surface area contributed by atoms with Crippen LogP contribution in [-0.2, 0) is 0 Å². The number of aromatic hydroxyl groups is 1. The van der Waals surface area contributed by atoms with Crippen LogP contribution in [0.25, 0.3) is 28.3 Å². The lowest BCUT2D eigenvalue weighted by Crippen LogP contribution is -2.40. The molecule has 0 aliphatic carbocycles. The number of aromatic amines is 1. The van der Waals surface area contributed by atoms with Gasteiger partial charge < -0.3 is 20.7 Å². The molecule has 2 saturated heterocycles. The van der Waals surface area contributed by atoms with Gasteiger partial charge in [0.25, 0.3) is 5.91 Å². The Balaban J connectivity index is 1.53. The molecular formula is C29H38N6O4. The number of hydrogen-bond acceptors (Lipinski definition) is 8. The average molecular weight is 535 g/mol. The van der Waals surface area contributed by atoms with E-state index in [0.29, 0.717) is 24.4 Å². The number of hydrogen-bond donors (Lipinski definition) is 4. The van der Waals surface area contributed by atoms with E-state index in [4.69, 9.17) is 0 Å². The minimum absolute atomic E-state index is 0.0523. The molecule has 39 heavy (non-hydrogen) atoms. The lowest BCUT2D eigenvalue weighted by molar-refractivity contribution is 0.0943. The third-order valence-electron chi connectivity index (χ3n) is 8.44. The van der Waals surface area contributed by atoms with Crippen LogP contribution in [-0.4, -0.2) is 82.1 Å². The molecule has 1 aromatic heterocycles. The highest BCUT2D eigenvalue weighted by Gasteiger charge is 2.25. The summed E-state index contributed by atoms with van der Waals surface area (Å²) in [6.45, 7) is 11.0. The van der Waals surface area contributed by atoms with Crippen molar-refractivity contribution in [2.24, 2.45) is 0 Å². The number of fused-ring (bicyclic) bond motifs is 2. The number of likely N-dealkylation sites (N-methyl/N-ethyl adjacent to an activating group) is 2. The van der Waals surface area contributed by atoms with Crippen molar-refractivity contribution < 1.29 is 9.90 Å². The number of aromatic nitrogens is 2. The standard InChI is InChI=1S/C29H38N6O4/c1-4-34-12-6-8-18(34)14-30-16-21-24-26(28(38)17(3)27(21)37)33-23-20(10-11-22(36)25(23)32-24)29(39)31-15-19-9-7-13-35(19)5-2/h10-11,16,18-19,30,33,37H,4-9,12-15H2,1-3H3,(H,31,39)/b21-16+. The van der Waals surface area contributed by atoms with Crippen LogP contribution < -0.4 is 26.7 Å². The lowest BCUT2D eigenvalue weighted by atomic mass is 10.1. The van der Waals surface area contributed by atoms with Gasteiger partial charge in [0.15, 0.2) is 0 Å². The Kier molecular flexibility index (Phi) is 7.86. The summed E-state index contributed by atoms with van der Waals surface area (Å²) < 4.78 is 0. The van der Waals surface area contributed by atoms with Crippen LogP contribution in [0.2, 0.25) is 0 Å². The van der Waals surface area contributed by atoms with Gasteiger partial charge in [-0.3, -0.25) is 24.2 Å². The molecular weight excluding hydrogens is 496 g/mol. The number of phenols is 1. The van der Waals surface area contributed by atoms with Crippen molar-refractivity contribution in [3.8, 4) is 5.75 Å². The van der Waals surface area contributed by atoms with Gasteiger partial charge in [0.1, 0.15) is 22.3 Å². The minimum Gasteiger partial charge on any atom is -0.507 e. The second kappa shape index (κ2) is 11.3. The first kappa shape index (κ1) is 27.1. The Labute approximate surface area is 227 Å². The second-order valence-corrected chi connectivity index (χ2v) is 10.6. The fourth-order valence-corrected chi connectivity index (χ4v) is 6.14.